The fraction of sp³-hybridized carbons (Fsp3) is 0.444. The first-order valence-corrected chi connectivity index (χ1v) is 7.91. The molecule has 0 radical (unpaired) electrons. The van der Waals surface area contributed by atoms with E-state index in [0.29, 0.717) is 5.92 Å². The largest absolute Gasteiger partial charge is 0.366 e. The summed E-state index contributed by atoms with van der Waals surface area (Å²) in [7, 11) is 2.14. The lowest BCUT2D eigenvalue weighted by atomic mass is 10.1. The van der Waals surface area contributed by atoms with Crippen LogP contribution in [-0.4, -0.2) is 28.5 Å². The second-order valence-electron chi connectivity index (χ2n) is 5.96. The van der Waals surface area contributed by atoms with Crippen LogP contribution in [0.5, 0.6) is 0 Å². The predicted octanol–water partition coefficient (Wildman–Crippen LogP) is 3.66. The normalized spacial score (nSPS) is 11.2. The van der Waals surface area contributed by atoms with E-state index in [1.165, 1.54) is 11.1 Å². The Morgan fingerprint density at radius 1 is 1.18 bits per heavy atom. The van der Waals surface area contributed by atoms with E-state index < -0.39 is 0 Å². The molecule has 0 aliphatic rings. The third-order valence-corrected chi connectivity index (χ3v) is 3.65. The summed E-state index contributed by atoms with van der Waals surface area (Å²) in [6.45, 7) is 9.20. The molecule has 0 aliphatic carbocycles. The minimum absolute atomic E-state index is 0.342. The van der Waals surface area contributed by atoms with Crippen LogP contribution in [0.15, 0.2) is 36.5 Å². The Morgan fingerprint density at radius 3 is 2.68 bits per heavy atom. The summed E-state index contributed by atoms with van der Waals surface area (Å²) < 4.78 is 0. The molecule has 0 aliphatic heterocycles. The van der Waals surface area contributed by atoms with Gasteiger partial charge in [0, 0.05) is 25.2 Å². The first kappa shape index (κ1) is 16.4. The topological polar surface area (TPSA) is 41.0 Å². The van der Waals surface area contributed by atoms with Gasteiger partial charge in [0.15, 0.2) is 0 Å². The lowest BCUT2D eigenvalue weighted by Gasteiger charge is -2.14. The molecule has 0 saturated carbocycles. The molecule has 1 aromatic heterocycles. The van der Waals surface area contributed by atoms with Crippen LogP contribution in [0.2, 0.25) is 0 Å². The average Bonchev–Trinajstić information content (AvgIpc) is 2.53. The van der Waals surface area contributed by atoms with Crippen LogP contribution < -0.4 is 5.32 Å². The number of hydrogen-bond donors (Lipinski definition) is 1. The van der Waals surface area contributed by atoms with Gasteiger partial charge in [-0.05, 0) is 30.8 Å². The number of hydrogen-bond acceptors (Lipinski definition) is 4. The lowest BCUT2D eigenvalue weighted by Crippen LogP contribution is -2.16. The van der Waals surface area contributed by atoms with Crippen molar-refractivity contribution in [2.24, 2.45) is 0 Å². The van der Waals surface area contributed by atoms with Crippen molar-refractivity contribution in [3.05, 3.63) is 53.5 Å². The molecular weight excluding hydrogens is 272 g/mol. The molecule has 2 rings (SSSR count). The maximum Gasteiger partial charge on any atom is 0.133 e. The van der Waals surface area contributed by atoms with Gasteiger partial charge in [-0.25, -0.2) is 9.97 Å². The zero-order chi connectivity index (χ0) is 15.9. The van der Waals surface area contributed by atoms with Gasteiger partial charge in [0.1, 0.15) is 11.6 Å². The van der Waals surface area contributed by atoms with Crippen molar-refractivity contribution >= 4 is 5.82 Å². The number of nitrogens with zero attached hydrogens (tertiary/aromatic N) is 3. The van der Waals surface area contributed by atoms with Gasteiger partial charge in [-0.15, -0.1) is 0 Å². The molecule has 118 valence electrons. The quantitative estimate of drug-likeness (QED) is 0.847. The lowest BCUT2D eigenvalue weighted by molar-refractivity contribution is 0.345. The minimum atomic E-state index is 0.342. The van der Waals surface area contributed by atoms with E-state index in [1.807, 2.05) is 12.3 Å². The molecule has 0 spiro atoms. The van der Waals surface area contributed by atoms with Crippen LogP contribution in [-0.2, 0) is 13.1 Å². The molecule has 4 heteroatoms. The Labute approximate surface area is 133 Å². The zero-order valence-corrected chi connectivity index (χ0v) is 14.0. The van der Waals surface area contributed by atoms with Gasteiger partial charge in [0.05, 0.1) is 0 Å². The van der Waals surface area contributed by atoms with E-state index >= 15 is 0 Å². The maximum atomic E-state index is 4.54. The highest BCUT2D eigenvalue weighted by molar-refractivity contribution is 5.35. The van der Waals surface area contributed by atoms with E-state index in [9.17, 15) is 0 Å². The molecule has 1 aromatic carbocycles. The third kappa shape index (κ3) is 4.81. The van der Waals surface area contributed by atoms with Crippen molar-refractivity contribution in [3.63, 3.8) is 0 Å². The SMILES string of the molecule is CCN(C)Cc1cccc(CNc2ccnc(C(C)C)n2)c1. The fourth-order valence-corrected chi connectivity index (χ4v) is 2.20. The van der Waals surface area contributed by atoms with Crippen molar-refractivity contribution in [1.82, 2.24) is 14.9 Å². The number of aromatic nitrogens is 2. The van der Waals surface area contributed by atoms with Gasteiger partial charge < -0.3 is 10.2 Å². The fourth-order valence-electron chi connectivity index (χ4n) is 2.20. The molecule has 1 N–H and O–H groups in total. The van der Waals surface area contributed by atoms with Crippen molar-refractivity contribution in [1.29, 1.82) is 0 Å². The second kappa shape index (κ2) is 7.90. The van der Waals surface area contributed by atoms with Crippen LogP contribution in [0.1, 0.15) is 43.6 Å². The van der Waals surface area contributed by atoms with Gasteiger partial charge in [-0.1, -0.05) is 45.0 Å². The van der Waals surface area contributed by atoms with Crippen LogP contribution in [0.25, 0.3) is 0 Å². The van der Waals surface area contributed by atoms with Crippen LogP contribution in [0.3, 0.4) is 0 Å². The number of rotatable bonds is 7. The first-order valence-electron chi connectivity index (χ1n) is 7.91. The molecule has 22 heavy (non-hydrogen) atoms. The Morgan fingerprint density at radius 2 is 1.95 bits per heavy atom. The summed E-state index contributed by atoms with van der Waals surface area (Å²) in [5, 5.41) is 3.39. The zero-order valence-electron chi connectivity index (χ0n) is 14.0. The molecule has 0 fully saturated rings. The van der Waals surface area contributed by atoms with Gasteiger partial charge >= 0.3 is 0 Å². The highest BCUT2D eigenvalue weighted by Crippen LogP contribution is 2.13. The van der Waals surface area contributed by atoms with Crippen molar-refractivity contribution in [3.8, 4) is 0 Å². The first-order chi connectivity index (χ1) is 10.6. The van der Waals surface area contributed by atoms with E-state index in [-0.39, 0.29) is 0 Å². The Kier molecular flexibility index (Phi) is 5.90. The third-order valence-electron chi connectivity index (χ3n) is 3.65. The Bertz CT molecular complexity index is 595. The van der Waals surface area contributed by atoms with Gasteiger partial charge in [0.25, 0.3) is 0 Å². The highest BCUT2D eigenvalue weighted by Gasteiger charge is 2.04. The standard InChI is InChI=1S/C18H26N4/c1-5-22(4)13-16-8-6-7-15(11-16)12-20-17-9-10-19-18(21-17)14(2)3/h6-11,14H,5,12-13H2,1-4H3,(H,19,20,21). The molecule has 0 unspecified atom stereocenters. The summed E-state index contributed by atoms with van der Waals surface area (Å²) in [5.41, 5.74) is 2.61. The number of benzene rings is 1. The molecule has 0 atom stereocenters. The molecule has 0 saturated heterocycles. The second-order valence-corrected chi connectivity index (χ2v) is 5.96. The Hall–Kier alpha value is -1.94. The maximum absolute atomic E-state index is 4.54. The van der Waals surface area contributed by atoms with Crippen LogP contribution in [0.4, 0.5) is 5.82 Å². The van der Waals surface area contributed by atoms with Crippen molar-refractivity contribution in [2.75, 3.05) is 18.9 Å². The molecular formula is C18H26N4. The highest BCUT2D eigenvalue weighted by atomic mass is 15.1. The molecule has 1 heterocycles. The van der Waals surface area contributed by atoms with Gasteiger partial charge in [-0.3, -0.25) is 0 Å². The Balaban J connectivity index is 1.99. The molecule has 0 amide bonds. The molecule has 2 aromatic rings. The minimum Gasteiger partial charge on any atom is -0.366 e. The molecule has 0 bridgehead atoms. The summed E-state index contributed by atoms with van der Waals surface area (Å²) in [5.74, 6) is 2.10. The van der Waals surface area contributed by atoms with Gasteiger partial charge in [-0.2, -0.15) is 0 Å². The number of anilines is 1. The summed E-state index contributed by atoms with van der Waals surface area (Å²) in [4.78, 5) is 11.1. The van der Waals surface area contributed by atoms with Gasteiger partial charge in [0.2, 0.25) is 0 Å². The predicted molar refractivity (Wildman–Crippen MR) is 91.9 cm³/mol. The van der Waals surface area contributed by atoms with E-state index in [2.05, 4.69) is 72.3 Å². The molecule has 4 nitrogen and oxygen atoms in total. The van der Waals surface area contributed by atoms with Crippen LogP contribution in [0, 0.1) is 0 Å². The van der Waals surface area contributed by atoms with E-state index in [4.69, 9.17) is 0 Å². The smallest absolute Gasteiger partial charge is 0.133 e. The summed E-state index contributed by atoms with van der Waals surface area (Å²) in [6, 6.07) is 10.6. The van der Waals surface area contributed by atoms with Crippen molar-refractivity contribution in [2.45, 2.75) is 39.8 Å². The summed E-state index contributed by atoms with van der Waals surface area (Å²) >= 11 is 0. The number of nitrogens with one attached hydrogen (secondary N) is 1. The van der Waals surface area contributed by atoms with Crippen LogP contribution >= 0.6 is 0 Å². The van der Waals surface area contributed by atoms with E-state index in [0.717, 1.165) is 31.3 Å². The van der Waals surface area contributed by atoms with Crippen molar-refractivity contribution < 1.29 is 0 Å². The van der Waals surface area contributed by atoms with E-state index in [1.54, 1.807) is 0 Å². The average molecular weight is 298 g/mol. The monoisotopic (exact) mass is 298 g/mol. The summed E-state index contributed by atoms with van der Waals surface area (Å²) in [6.07, 6.45) is 1.82.